The number of piperidine rings is 1. The van der Waals surface area contributed by atoms with E-state index >= 15 is 0 Å². The maximum Gasteiger partial charge on any atom is 0.387 e. The second-order valence-electron chi connectivity index (χ2n) is 9.66. The quantitative estimate of drug-likeness (QED) is 0.323. The molecular weight excluding hydrogens is 540 g/mol. The van der Waals surface area contributed by atoms with Crippen molar-refractivity contribution in [3.8, 4) is 5.75 Å². The molecule has 8 nitrogen and oxygen atoms in total. The van der Waals surface area contributed by atoms with E-state index in [2.05, 4.69) is 14.4 Å². The van der Waals surface area contributed by atoms with Gasteiger partial charge < -0.3 is 14.7 Å². The van der Waals surface area contributed by atoms with Crippen LogP contribution in [0.2, 0.25) is 0 Å². The molecule has 2 N–H and O–H groups in total. The number of pyridine rings is 1. The molecule has 1 aromatic heterocycles. The Morgan fingerprint density at radius 1 is 1.05 bits per heavy atom. The Balaban J connectivity index is 1.38. The molecule has 0 atom stereocenters. The molecule has 0 radical (unpaired) electrons. The normalized spacial score (nSPS) is 15.3. The highest BCUT2D eigenvalue weighted by molar-refractivity contribution is 7.93. The predicted molar refractivity (Wildman–Crippen MR) is 146 cm³/mol. The minimum Gasteiger partial charge on any atom is -0.434 e. The molecule has 11 heteroatoms. The molecule has 2 heterocycles. The molecule has 0 aliphatic carbocycles. The van der Waals surface area contributed by atoms with Gasteiger partial charge in [-0.2, -0.15) is 8.78 Å². The molecule has 3 aromatic carbocycles. The number of aromatic nitrogens is 1. The maximum atomic E-state index is 13.4. The fourth-order valence-corrected chi connectivity index (χ4v) is 6.30. The highest BCUT2D eigenvalue weighted by Gasteiger charge is 2.37. The van der Waals surface area contributed by atoms with Gasteiger partial charge in [0, 0.05) is 30.7 Å². The summed E-state index contributed by atoms with van der Waals surface area (Å²) in [6.07, 6.45) is 2.01. The summed E-state index contributed by atoms with van der Waals surface area (Å²) in [5.74, 6) is -1.02. The summed E-state index contributed by atoms with van der Waals surface area (Å²) < 4.78 is 60.0. The fourth-order valence-electron chi connectivity index (χ4n) is 5.07. The number of ether oxygens (including phenoxy) is 1. The molecule has 5 rings (SSSR count). The van der Waals surface area contributed by atoms with Crippen molar-refractivity contribution in [2.45, 2.75) is 36.9 Å². The number of aryl methyl sites for hydroxylation is 1. The minimum atomic E-state index is -4.16. The topological polar surface area (TPSA) is 109 Å². The van der Waals surface area contributed by atoms with Crippen LogP contribution >= 0.6 is 0 Å². The molecule has 4 aromatic rings. The highest BCUT2D eigenvalue weighted by Crippen LogP contribution is 2.36. The van der Waals surface area contributed by atoms with E-state index in [0.717, 1.165) is 17.2 Å². The summed E-state index contributed by atoms with van der Waals surface area (Å²) in [6, 6.07) is 19.2. The first-order valence-corrected chi connectivity index (χ1v) is 14.1. The van der Waals surface area contributed by atoms with Gasteiger partial charge in [0.2, 0.25) is 0 Å². The van der Waals surface area contributed by atoms with Crippen LogP contribution in [-0.4, -0.2) is 49.0 Å². The number of carbonyl (C=O) groups is 1. The van der Waals surface area contributed by atoms with E-state index in [0.29, 0.717) is 5.39 Å². The van der Waals surface area contributed by atoms with Crippen molar-refractivity contribution in [1.82, 2.24) is 9.88 Å². The third-order valence-corrected chi connectivity index (χ3v) is 8.50. The number of halogens is 2. The molecule has 1 aliphatic rings. The van der Waals surface area contributed by atoms with Crippen LogP contribution < -0.4 is 9.46 Å². The number of nitrogens with one attached hydrogen (secondary N) is 1. The van der Waals surface area contributed by atoms with Gasteiger partial charge in [-0.3, -0.25) is 14.5 Å². The third kappa shape index (κ3) is 5.47. The summed E-state index contributed by atoms with van der Waals surface area (Å²) in [5.41, 5.74) is 0.674. The smallest absolute Gasteiger partial charge is 0.387 e. The van der Waals surface area contributed by atoms with Gasteiger partial charge in [0.15, 0.2) is 0 Å². The van der Waals surface area contributed by atoms with Gasteiger partial charge in [-0.25, -0.2) is 8.42 Å². The number of hydrogen-bond acceptors (Lipinski definition) is 6. The molecule has 40 heavy (non-hydrogen) atoms. The summed E-state index contributed by atoms with van der Waals surface area (Å²) in [4.78, 5) is 18.9. The first-order valence-electron chi connectivity index (χ1n) is 12.6. The van der Waals surface area contributed by atoms with Gasteiger partial charge in [-0.1, -0.05) is 42.5 Å². The highest BCUT2D eigenvalue weighted by atomic mass is 32.2. The Morgan fingerprint density at radius 2 is 1.77 bits per heavy atom. The van der Waals surface area contributed by atoms with Crippen molar-refractivity contribution < 1.29 is 31.8 Å². The molecule has 1 saturated heterocycles. The van der Waals surface area contributed by atoms with Crippen LogP contribution in [0.1, 0.15) is 34.3 Å². The van der Waals surface area contributed by atoms with Gasteiger partial charge in [0.05, 0.1) is 22.4 Å². The molecule has 0 bridgehead atoms. The van der Waals surface area contributed by atoms with E-state index in [1.807, 2.05) is 31.2 Å². The molecule has 0 spiro atoms. The van der Waals surface area contributed by atoms with Gasteiger partial charge in [0.25, 0.3) is 15.9 Å². The van der Waals surface area contributed by atoms with Gasteiger partial charge in [-0.05, 0) is 55.2 Å². The van der Waals surface area contributed by atoms with Crippen molar-refractivity contribution in [1.29, 1.82) is 0 Å². The van der Waals surface area contributed by atoms with Crippen LogP contribution in [0.25, 0.3) is 10.9 Å². The maximum absolute atomic E-state index is 13.4. The van der Waals surface area contributed by atoms with Gasteiger partial charge in [-0.15, -0.1) is 0 Å². The number of hydrogen-bond donors (Lipinski definition) is 2. The van der Waals surface area contributed by atoms with Crippen LogP contribution in [0.3, 0.4) is 0 Å². The zero-order chi connectivity index (χ0) is 28.5. The molecule has 1 fully saturated rings. The van der Waals surface area contributed by atoms with E-state index in [1.54, 1.807) is 24.3 Å². The zero-order valence-electron chi connectivity index (χ0n) is 21.6. The van der Waals surface area contributed by atoms with Crippen LogP contribution in [-0.2, 0) is 15.6 Å². The summed E-state index contributed by atoms with van der Waals surface area (Å²) in [7, 11) is -4.16. The summed E-state index contributed by atoms with van der Waals surface area (Å²) >= 11 is 0. The third-order valence-electron chi connectivity index (χ3n) is 7.09. The number of fused-ring (bicyclic) bond motifs is 1. The van der Waals surface area contributed by atoms with Crippen molar-refractivity contribution in [2.24, 2.45) is 0 Å². The molecule has 1 amide bonds. The number of nitrogens with zero attached hydrogens (tertiary/aromatic N) is 2. The Bertz CT molecular complexity index is 1670. The van der Waals surface area contributed by atoms with Crippen molar-refractivity contribution in [2.75, 3.05) is 17.8 Å². The lowest BCUT2D eigenvalue weighted by molar-refractivity contribution is -0.0504. The number of carbonyl (C=O) groups excluding carboxylic acids is 1. The van der Waals surface area contributed by atoms with Gasteiger partial charge >= 0.3 is 6.61 Å². The Morgan fingerprint density at radius 3 is 2.50 bits per heavy atom. The van der Waals surface area contributed by atoms with E-state index in [1.165, 1.54) is 29.3 Å². The van der Waals surface area contributed by atoms with Crippen LogP contribution in [0.4, 0.5) is 14.5 Å². The van der Waals surface area contributed by atoms with E-state index in [-0.39, 0.29) is 47.6 Å². The SMILES string of the molecule is Cc1ccccc1C1(O)CCN(C(=O)c2ccc(NS(=O)(=O)c3cccc4cccnc34)cc2OC(F)F)CC1. The van der Waals surface area contributed by atoms with Crippen LogP contribution in [0.15, 0.2) is 83.9 Å². The average Bonchev–Trinajstić information content (AvgIpc) is 2.92. The zero-order valence-corrected chi connectivity index (χ0v) is 22.4. The number of aliphatic hydroxyl groups is 1. The van der Waals surface area contributed by atoms with Gasteiger partial charge in [0.1, 0.15) is 10.6 Å². The number of likely N-dealkylation sites (tertiary alicyclic amines) is 1. The second-order valence-corrected chi connectivity index (χ2v) is 11.3. The number of amides is 1. The number of anilines is 1. The standard InChI is InChI=1S/C29H27F2N3O5S/c1-19-6-2-3-9-23(19)29(36)13-16-34(17-14-29)27(35)22-12-11-21(18-24(22)39-28(30)31)33-40(37,38)25-10-4-7-20-8-5-15-32-26(20)25/h2-12,15,18,28,33,36H,13-14,16-17H2,1H3. The largest absolute Gasteiger partial charge is 0.434 e. The number of rotatable bonds is 7. The molecule has 1 aliphatic heterocycles. The molecule has 0 unspecified atom stereocenters. The Labute approximate surface area is 230 Å². The fraction of sp³-hybridized carbons (Fsp3) is 0.241. The Kier molecular flexibility index (Phi) is 7.43. The second kappa shape index (κ2) is 10.8. The van der Waals surface area contributed by atoms with E-state index < -0.39 is 33.9 Å². The lowest BCUT2D eigenvalue weighted by atomic mass is 9.82. The van der Waals surface area contributed by atoms with E-state index in [9.17, 15) is 27.1 Å². The first-order chi connectivity index (χ1) is 19.1. The molecule has 208 valence electrons. The van der Waals surface area contributed by atoms with Crippen molar-refractivity contribution >= 4 is 32.5 Å². The van der Waals surface area contributed by atoms with Crippen molar-refractivity contribution in [3.05, 3.63) is 95.7 Å². The number of alkyl halides is 2. The van der Waals surface area contributed by atoms with Crippen molar-refractivity contribution in [3.63, 3.8) is 0 Å². The van der Waals surface area contributed by atoms with Crippen LogP contribution in [0, 0.1) is 6.92 Å². The summed E-state index contributed by atoms with van der Waals surface area (Å²) in [6.45, 7) is -0.945. The number of benzene rings is 3. The molecular formula is C29H27F2N3O5S. The van der Waals surface area contributed by atoms with E-state index in [4.69, 9.17) is 0 Å². The average molecular weight is 568 g/mol. The lowest BCUT2D eigenvalue weighted by Crippen LogP contribution is -2.45. The number of sulfonamides is 1. The predicted octanol–water partition coefficient (Wildman–Crippen LogP) is 5.07. The lowest BCUT2D eigenvalue weighted by Gasteiger charge is -2.39. The number of para-hydroxylation sites is 1. The summed E-state index contributed by atoms with van der Waals surface area (Å²) in [5, 5.41) is 11.9. The minimum absolute atomic E-state index is 0.0623. The molecule has 0 saturated carbocycles. The van der Waals surface area contributed by atoms with Crippen LogP contribution in [0.5, 0.6) is 5.75 Å². The Hall–Kier alpha value is -4.09. The first kappa shape index (κ1) is 27.5. The monoisotopic (exact) mass is 567 g/mol.